The number of ether oxygens (including phenoxy) is 2. The molecule has 3 heteroatoms. The second-order valence-corrected chi connectivity index (χ2v) is 5.19. The van der Waals surface area contributed by atoms with Gasteiger partial charge in [-0.25, -0.2) is 0 Å². The van der Waals surface area contributed by atoms with E-state index in [9.17, 15) is 5.11 Å². The maximum absolute atomic E-state index is 10.1. The molecule has 18 heavy (non-hydrogen) atoms. The van der Waals surface area contributed by atoms with E-state index >= 15 is 0 Å². The smallest absolute Gasteiger partial charge is 0.0791 e. The Balaban J connectivity index is 2.53. The lowest BCUT2D eigenvalue weighted by molar-refractivity contribution is 0.00278. The second kappa shape index (κ2) is 6.88. The SMILES string of the molecule is COCc1ccc(C(O)CCC(C)(C)OC)cc1. The molecule has 0 bridgehead atoms. The average molecular weight is 252 g/mol. The van der Waals surface area contributed by atoms with Crippen LogP contribution in [0.3, 0.4) is 0 Å². The third-order valence-corrected chi connectivity index (χ3v) is 3.25. The highest BCUT2D eigenvalue weighted by molar-refractivity contribution is 5.23. The zero-order chi connectivity index (χ0) is 13.6. The van der Waals surface area contributed by atoms with Crippen molar-refractivity contribution < 1.29 is 14.6 Å². The molecule has 0 radical (unpaired) electrons. The Kier molecular flexibility index (Phi) is 5.79. The molecule has 102 valence electrons. The molecular formula is C15H24O3. The zero-order valence-corrected chi connectivity index (χ0v) is 11.8. The highest BCUT2D eigenvalue weighted by Crippen LogP contribution is 2.24. The molecule has 0 amide bonds. The molecule has 0 aliphatic rings. The monoisotopic (exact) mass is 252 g/mol. The van der Waals surface area contributed by atoms with Crippen LogP contribution < -0.4 is 0 Å². The molecule has 0 aliphatic heterocycles. The van der Waals surface area contributed by atoms with Gasteiger partial charge in [-0.2, -0.15) is 0 Å². The summed E-state index contributed by atoms with van der Waals surface area (Å²) >= 11 is 0. The third-order valence-electron chi connectivity index (χ3n) is 3.25. The van der Waals surface area contributed by atoms with Crippen molar-refractivity contribution in [2.75, 3.05) is 14.2 Å². The summed E-state index contributed by atoms with van der Waals surface area (Å²) in [6.07, 6.45) is 1.09. The van der Waals surface area contributed by atoms with Gasteiger partial charge < -0.3 is 14.6 Å². The van der Waals surface area contributed by atoms with Crippen molar-refractivity contribution in [3.05, 3.63) is 35.4 Å². The minimum atomic E-state index is -0.434. The Bertz CT molecular complexity index is 343. The van der Waals surface area contributed by atoms with E-state index in [-0.39, 0.29) is 5.60 Å². The molecule has 1 aromatic rings. The summed E-state index contributed by atoms with van der Waals surface area (Å²) in [7, 11) is 3.38. The molecule has 1 atom stereocenters. The molecule has 3 nitrogen and oxygen atoms in total. The van der Waals surface area contributed by atoms with Crippen molar-refractivity contribution in [3.63, 3.8) is 0 Å². The molecule has 0 saturated carbocycles. The van der Waals surface area contributed by atoms with E-state index in [0.29, 0.717) is 13.0 Å². The lowest BCUT2D eigenvalue weighted by Crippen LogP contribution is -2.23. The summed E-state index contributed by atoms with van der Waals surface area (Å²) in [5, 5.41) is 10.1. The zero-order valence-electron chi connectivity index (χ0n) is 11.8. The van der Waals surface area contributed by atoms with Gasteiger partial charge >= 0.3 is 0 Å². The van der Waals surface area contributed by atoms with Crippen molar-refractivity contribution in [2.24, 2.45) is 0 Å². The van der Waals surface area contributed by atoms with Crippen molar-refractivity contribution in [3.8, 4) is 0 Å². The van der Waals surface area contributed by atoms with Crippen LogP contribution in [0.15, 0.2) is 24.3 Å². The van der Waals surface area contributed by atoms with E-state index in [1.165, 1.54) is 0 Å². The molecule has 1 unspecified atom stereocenters. The number of aliphatic hydroxyl groups excluding tert-OH is 1. The summed E-state index contributed by atoms with van der Waals surface area (Å²) in [4.78, 5) is 0. The van der Waals surface area contributed by atoms with Gasteiger partial charge in [0.05, 0.1) is 18.3 Å². The maximum Gasteiger partial charge on any atom is 0.0791 e. The fourth-order valence-corrected chi connectivity index (χ4v) is 1.76. The standard InChI is InChI=1S/C15H24O3/c1-15(2,18-4)10-9-14(16)13-7-5-12(6-8-13)11-17-3/h5-8,14,16H,9-11H2,1-4H3. The first-order chi connectivity index (χ1) is 8.48. The molecule has 1 N–H and O–H groups in total. The van der Waals surface area contributed by atoms with Gasteiger partial charge in [-0.3, -0.25) is 0 Å². The molecular weight excluding hydrogens is 228 g/mol. The number of rotatable bonds is 7. The first-order valence-electron chi connectivity index (χ1n) is 6.29. The van der Waals surface area contributed by atoms with E-state index < -0.39 is 6.10 Å². The number of hydrogen-bond donors (Lipinski definition) is 1. The normalized spacial score (nSPS) is 13.6. The van der Waals surface area contributed by atoms with Crippen LogP contribution in [0.25, 0.3) is 0 Å². The lowest BCUT2D eigenvalue weighted by atomic mass is 9.96. The Labute approximate surface area is 110 Å². The molecule has 0 fully saturated rings. The van der Waals surface area contributed by atoms with Gasteiger partial charge in [0.1, 0.15) is 0 Å². The minimum absolute atomic E-state index is 0.184. The van der Waals surface area contributed by atoms with Crippen LogP contribution in [0.5, 0.6) is 0 Å². The van der Waals surface area contributed by atoms with Gasteiger partial charge in [-0.1, -0.05) is 24.3 Å². The predicted molar refractivity (Wildman–Crippen MR) is 72.4 cm³/mol. The molecule has 1 aromatic carbocycles. The van der Waals surface area contributed by atoms with E-state index in [1.807, 2.05) is 38.1 Å². The van der Waals surface area contributed by atoms with Gasteiger partial charge in [-0.15, -0.1) is 0 Å². The lowest BCUT2D eigenvalue weighted by Gasteiger charge is -2.24. The van der Waals surface area contributed by atoms with Gasteiger partial charge in [0, 0.05) is 14.2 Å². The minimum Gasteiger partial charge on any atom is -0.388 e. The van der Waals surface area contributed by atoms with Gasteiger partial charge in [0.2, 0.25) is 0 Å². The average Bonchev–Trinajstić information content (AvgIpc) is 2.37. The van der Waals surface area contributed by atoms with Crippen LogP contribution in [0.4, 0.5) is 0 Å². The Morgan fingerprint density at radius 3 is 2.28 bits per heavy atom. The quantitative estimate of drug-likeness (QED) is 0.810. The van der Waals surface area contributed by atoms with Crippen LogP contribution in [0.1, 0.15) is 43.9 Å². The topological polar surface area (TPSA) is 38.7 Å². The van der Waals surface area contributed by atoms with Crippen LogP contribution in [-0.2, 0) is 16.1 Å². The van der Waals surface area contributed by atoms with Crippen LogP contribution in [0, 0.1) is 0 Å². The highest BCUT2D eigenvalue weighted by Gasteiger charge is 2.18. The fourth-order valence-electron chi connectivity index (χ4n) is 1.76. The van der Waals surface area contributed by atoms with Crippen molar-refractivity contribution in [2.45, 2.75) is 45.0 Å². The van der Waals surface area contributed by atoms with E-state index in [4.69, 9.17) is 9.47 Å². The molecule has 0 aliphatic carbocycles. The number of benzene rings is 1. The van der Waals surface area contributed by atoms with Gasteiger partial charge in [0.25, 0.3) is 0 Å². The van der Waals surface area contributed by atoms with Crippen LogP contribution in [0.2, 0.25) is 0 Å². The number of methoxy groups -OCH3 is 2. The first kappa shape index (κ1) is 15.2. The molecule has 0 aromatic heterocycles. The largest absolute Gasteiger partial charge is 0.388 e. The van der Waals surface area contributed by atoms with Crippen LogP contribution >= 0.6 is 0 Å². The van der Waals surface area contributed by atoms with Gasteiger partial charge in [0.15, 0.2) is 0 Å². The summed E-state index contributed by atoms with van der Waals surface area (Å²) in [6.45, 7) is 4.66. The van der Waals surface area contributed by atoms with E-state index in [2.05, 4.69) is 0 Å². The molecule has 0 heterocycles. The third kappa shape index (κ3) is 4.77. The van der Waals surface area contributed by atoms with Crippen LogP contribution in [-0.4, -0.2) is 24.9 Å². The second-order valence-electron chi connectivity index (χ2n) is 5.19. The molecule has 1 rings (SSSR count). The van der Waals surface area contributed by atoms with Crippen molar-refractivity contribution in [1.29, 1.82) is 0 Å². The highest BCUT2D eigenvalue weighted by atomic mass is 16.5. The summed E-state index contributed by atoms with van der Waals surface area (Å²) in [6, 6.07) is 7.89. The first-order valence-corrected chi connectivity index (χ1v) is 6.29. The Morgan fingerprint density at radius 1 is 1.17 bits per heavy atom. The van der Waals surface area contributed by atoms with E-state index in [1.54, 1.807) is 14.2 Å². The maximum atomic E-state index is 10.1. The molecule has 0 spiro atoms. The van der Waals surface area contributed by atoms with Crippen molar-refractivity contribution >= 4 is 0 Å². The summed E-state index contributed by atoms with van der Waals surface area (Å²) in [5.41, 5.74) is 1.88. The summed E-state index contributed by atoms with van der Waals surface area (Å²) in [5.74, 6) is 0. The number of hydrogen-bond acceptors (Lipinski definition) is 3. The van der Waals surface area contributed by atoms with Gasteiger partial charge in [-0.05, 0) is 37.8 Å². The summed E-state index contributed by atoms with van der Waals surface area (Å²) < 4.78 is 10.4. The molecule has 0 saturated heterocycles. The van der Waals surface area contributed by atoms with E-state index in [0.717, 1.165) is 17.5 Å². The number of aliphatic hydroxyl groups is 1. The van der Waals surface area contributed by atoms with Crippen molar-refractivity contribution in [1.82, 2.24) is 0 Å². The Morgan fingerprint density at radius 2 is 1.78 bits per heavy atom. The predicted octanol–water partition coefficient (Wildman–Crippen LogP) is 3.07. The fraction of sp³-hybridized carbons (Fsp3) is 0.600. The Hall–Kier alpha value is -0.900.